The number of aryl methyl sites for hydroxylation is 1. The number of ether oxygens (including phenoxy) is 1. The number of nitrogens with zero attached hydrogens (tertiary/aromatic N) is 4. The maximum atomic E-state index is 12.6. The summed E-state index contributed by atoms with van der Waals surface area (Å²) in [5.74, 6) is 0.181. The van der Waals surface area contributed by atoms with Crippen LogP contribution in [-0.4, -0.2) is 64.4 Å². The van der Waals surface area contributed by atoms with Gasteiger partial charge in [0.2, 0.25) is 0 Å². The monoisotopic (exact) mass is 368 g/mol. The van der Waals surface area contributed by atoms with Crippen molar-refractivity contribution in [3.63, 3.8) is 0 Å². The Morgan fingerprint density at radius 3 is 2.78 bits per heavy atom. The lowest BCUT2D eigenvalue weighted by Gasteiger charge is -2.24. The lowest BCUT2D eigenvalue weighted by atomic mass is 10.1. The van der Waals surface area contributed by atoms with Crippen molar-refractivity contribution in [2.75, 3.05) is 32.8 Å². The van der Waals surface area contributed by atoms with E-state index in [0.717, 1.165) is 69.9 Å². The second-order valence-corrected chi connectivity index (χ2v) is 7.50. The van der Waals surface area contributed by atoms with Crippen molar-refractivity contribution in [3.05, 3.63) is 42.1 Å². The van der Waals surface area contributed by atoms with Gasteiger partial charge >= 0.3 is 0 Å². The van der Waals surface area contributed by atoms with E-state index in [1.807, 2.05) is 34.8 Å². The Bertz CT molecular complexity index is 768. The van der Waals surface area contributed by atoms with E-state index in [-0.39, 0.29) is 12.0 Å². The predicted molar refractivity (Wildman–Crippen MR) is 104 cm³/mol. The molecule has 0 N–H and O–H groups in total. The van der Waals surface area contributed by atoms with Gasteiger partial charge in [0.05, 0.1) is 5.69 Å². The molecule has 1 amide bonds. The zero-order valence-corrected chi connectivity index (χ0v) is 16.0. The van der Waals surface area contributed by atoms with Gasteiger partial charge in [-0.2, -0.15) is 5.10 Å². The standard InChI is InChI=1S/C21H28N4O2/c1-23-15-18(20(22-23)17-7-3-2-4-8-17)16-24-10-6-11-25(13-12-24)21(26)19-9-5-14-27-19/h2-4,7-8,15,19H,5-6,9-14,16H2,1H3. The van der Waals surface area contributed by atoms with Gasteiger partial charge in [-0.25, -0.2) is 0 Å². The highest BCUT2D eigenvalue weighted by Gasteiger charge is 2.29. The summed E-state index contributed by atoms with van der Waals surface area (Å²) in [6, 6.07) is 10.3. The van der Waals surface area contributed by atoms with Crippen LogP contribution in [-0.2, 0) is 23.1 Å². The van der Waals surface area contributed by atoms with Crippen LogP contribution in [0, 0.1) is 0 Å². The molecule has 27 heavy (non-hydrogen) atoms. The van der Waals surface area contributed by atoms with Crippen LogP contribution in [0.25, 0.3) is 11.3 Å². The molecule has 2 aliphatic heterocycles. The van der Waals surface area contributed by atoms with Crippen molar-refractivity contribution < 1.29 is 9.53 Å². The summed E-state index contributed by atoms with van der Waals surface area (Å²) in [4.78, 5) is 17.1. The van der Waals surface area contributed by atoms with Crippen LogP contribution in [0.2, 0.25) is 0 Å². The molecule has 4 rings (SSSR count). The Morgan fingerprint density at radius 2 is 2.00 bits per heavy atom. The molecule has 0 bridgehead atoms. The molecular weight excluding hydrogens is 340 g/mol. The molecule has 6 nitrogen and oxygen atoms in total. The minimum atomic E-state index is -0.209. The average molecular weight is 368 g/mol. The highest BCUT2D eigenvalue weighted by molar-refractivity contribution is 5.81. The fourth-order valence-electron chi connectivity index (χ4n) is 4.06. The van der Waals surface area contributed by atoms with Gasteiger partial charge in [0, 0.05) is 63.7 Å². The Labute approximate surface area is 160 Å². The van der Waals surface area contributed by atoms with E-state index < -0.39 is 0 Å². The number of carbonyl (C=O) groups is 1. The molecule has 2 saturated heterocycles. The minimum absolute atomic E-state index is 0.181. The third-order valence-electron chi connectivity index (χ3n) is 5.45. The van der Waals surface area contributed by atoms with Crippen molar-refractivity contribution in [2.24, 2.45) is 7.05 Å². The molecule has 0 aliphatic carbocycles. The van der Waals surface area contributed by atoms with Crippen LogP contribution in [0.4, 0.5) is 0 Å². The highest BCUT2D eigenvalue weighted by atomic mass is 16.5. The maximum absolute atomic E-state index is 12.6. The summed E-state index contributed by atoms with van der Waals surface area (Å²) in [5, 5.41) is 4.67. The topological polar surface area (TPSA) is 50.6 Å². The van der Waals surface area contributed by atoms with Gasteiger partial charge in [0.25, 0.3) is 5.91 Å². The van der Waals surface area contributed by atoms with E-state index in [1.165, 1.54) is 5.56 Å². The van der Waals surface area contributed by atoms with Crippen LogP contribution < -0.4 is 0 Å². The molecule has 0 radical (unpaired) electrons. The molecular formula is C21H28N4O2. The number of hydrogen-bond acceptors (Lipinski definition) is 4. The lowest BCUT2D eigenvalue weighted by Crippen LogP contribution is -2.41. The van der Waals surface area contributed by atoms with Gasteiger partial charge in [0.15, 0.2) is 0 Å². The first kappa shape index (κ1) is 18.2. The summed E-state index contributed by atoms with van der Waals surface area (Å²) < 4.78 is 7.47. The average Bonchev–Trinajstić information content (AvgIpc) is 3.28. The molecule has 0 spiro atoms. The number of rotatable bonds is 4. The Balaban J connectivity index is 1.41. The normalized spacial score (nSPS) is 21.4. The first-order valence-electron chi connectivity index (χ1n) is 9.91. The zero-order chi connectivity index (χ0) is 18.6. The molecule has 144 valence electrons. The number of carbonyl (C=O) groups excluding carboxylic acids is 1. The lowest BCUT2D eigenvalue weighted by molar-refractivity contribution is -0.140. The second-order valence-electron chi connectivity index (χ2n) is 7.50. The van der Waals surface area contributed by atoms with Gasteiger partial charge < -0.3 is 9.64 Å². The van der Waals surface area contributed by atoms with Crippen molar-refractivity contribution >= 4 is 5.91 Å². The maximum Gasteiger partial charge on any atom is 0.251 e. The number of amides is 1. The van der Waals surface area contributed by atoms with Crippen LogP contribution in [0.3, 0.4) is 0 Å². The molecule has 3 heterocycles. The van der Waals surface area contributed by atoms with Gasteiger partial charge in [-0.1, -0.05) is 30.3 Å². The molecule has 1 aromatic carbocycles. The highest BCUT2D eigenvalue weighted by Crippen LogP contribution is 2.23. The summed E-state index contributed by atoms with van der Waals surface area (Å²) in [6.45, 7) is 5.08. The number of aromatic nitrogens is 2. The van der Waals surface area contributed by atoms with E-state index in [2.05, 4.69) is 28.3 Å². The smallest absolute Gasteiger partial charge is 0.251 e. The molecule has 2 fully saturated rings. The zero-order valence-electron chi connectivity index (χ0n) is 16.0. The van der Waals surface area contributed by atoms with Crippen molar-refractivity contribution in [3.8, 4) is 11.3 Å². The van der Waals surface area contributed by atoms with E-state index in [1.54, 1.807) is 0 Å². The molecule has 1 unspecified atom stereocenters. The second kappa shape index (κ2) is 8.23. The molecule has 1 aromatic heterocycles. The third kappa shape index (κ3) is 4.22. The predicted octanol–water partition coefficient (Wildman–Crippen LogP) is 2.30. The van der Waals surface area contributed by atoms with Crippen LogP contribution in [0.1, 0.15) is 24.8 Å². The summed E-state index contributed by atoms with van der Waals surface area (Å²) in [7, 11) is 1.97. The van der Waals surface area contributed by atoms with Gasteiger partial charge in [-0.15, -0.1) is 0 Å². The molecule has 0 saturated carbocycles. The van der Waals surface area contributed by atoms with Crippen LogP contribution >= 0.6 is 0 Å². The van der Waals surface area contributed by atoms with Crippen molar-refractivity contribution in [2.45, 2.75) is 31.9 Å². The van der Waals surface area contributed by atoms with Crippen LogP contribution in [0.5, 0.6) is 0 Å². The molecule has 2 aromatic rings. The summed E-state index contributed by atoms with van der Waals surface area (Å²) >= 11 is 0. The fraction of sp³-hybridized carbons (Fsp3) is 0.524. The van der Waals surface area contributed by atoms with E-state index in [4.69, 9.17) is 4.74 Å². The molecule has 6 heteroatoms. The van der Waals surface area contributed by atoms with Crippen molar-refractivity contribution in [1.82, 2.24) is 19.6 Å². The van der Waals surface area contributed by atoms with Gasteiger partial charge in [-0.3, -0.25) is 14.4 Å². The minimum Gasteiger partial charge on any atom is -0.368 e. The van der Waals surface area contributed by atoms with E-state index in [0.29, 0.717) is 0 Å². The third-order valence-corrected chi connectivity index (χ3v) is 5.45. The van der Waals surface area contributed by atoms with Gasteiger partial charge in [0.1, 0.15) is 6.10 Å². The molecule has 1 atom stereocenters. The van der Waals surface area contributed by atoms with E-state index >= 15 is 0 Å². The fourth-order valence-corrected chi connectivity index (χ4v) is 4.06. The first-order valence-corrected chi connectivity index (χ1v) is 9.91. The molecule has 2 aliphatic rings. The number of benzene rings is 1. The first-order chi connectivity index (χ1) is 13.2. The Hall–Kier alpha value is -2.18. The summed E-state index contributed by atoms with van der Waals surface area (Å²) in [5.41, 5.74) is 3.44. The van der Waals surface area contributed by atoms with Crippen molar-refractivity contribution in [1.29, 1.82) is 0 Å². The SMILES string of the molecule is Cn1cc(CN2CCCN(C(=O)C3CCCO3)CC2)c(-c2ccccc2)n1. The quantitative estimate of drug-likeness (QED) is 0.831. The number of hydrogen-bond donors (Lipinski definition) is 0. The van der Waals surface area contributed by atoms with Gasteiger partial charge in [-0.05, 0) is 19.3 Å². The largest absolute Gasteiger partial charge is 0.368 e. The Kier molecular flexibility index (Phi) is 5.55. The Morgan fingerprint density at radius 1 is 1.15 bits per heavy atom. The van der Waals surface area contributed by atoms with Crippen LogP contribution in [0.15, 0.2) is 36.5 Å². The summed E-state index contributed by atoms with van der Waals surface area (Å²) in [6.07, 6.45) is 4.77. The van der Waals surface area contributed by atoms with E-state index in [9.17, 15) is 4.79 Å².